The zero-order valence-corrected chi connectivity index (χ0v) is 11.1. The molecule has 6 heteroatoms. The SMILES string of the molecule is C[C@H](O)C(=O)O.NC[C@H]1CC[C@@H]1CN.[Pt+2]. The minimum absolute atomic E-state index is 0. The fourth-order valence-electron chi connectivity index (χ4n) is 1.26. The average molecular weight is 399 g/mol. The van der Waals surface area contributed by atoms with Crippen molar-refractivity contribution >= 4 is 5.97 Å². The molecule has 0 bridgehead atoms. The molecule has 15 heavy (non-hydrogen) atoms. The Bertz CT molecular complexity index is 165. The Morgan fingerprint density at radius 2 is 1.60 bits per heavy atom. The van der Waals surface area contributed by atoms with Crippen LogP contribution in [0.4, 0.5) is 0 Å². The summed E-state index contributed by atoms with van der Waals surface area (Å²) in [7, 11) is 0. The molecule has 5 nitrogen and oxygen atoms in total. The van der Waals surface area contributed by atoms with E-state index in [9.17, 15) is 4.79 Å². The number of carbonyl (C=O) groups is 1. The summed E-state index contributed by atoms with van der Waals surface area (Å²) in [6.45, 7) is 2.87. The second-order valence-electron chi connectivity index (χ2n) is 3.58. The number of rotatable bonds is 3. The van der Waals surface area contributed by atoms with Crippen LogP contribution in [0.5, 0.6) is 0 Å². The number of aliphatic hydroxyl groups is 1. The smallest absolute Gasteiger partial charge is 0.479 e. The number of nitrogens with two attached hydrogens (primary N) is 2. The summed E-state index contributed by atoms with van der Waals surface area (Å²) in [5, 5.41) is 15.8. The predicted molar refractivity (Wildman–Crippen MR) is 53.6 cm³/mol. The summed E-state index contributed by atoms with van der Waals surface area (Å²) in [6, 6.07) is 0. The van der Waals surface area contributed by atoms with E-state index >= 15 is 0 Å². The van der Waals surface area contributed by atoms with E-state index in [0.717, 1.165) is 24.9 Å². The molecule has 0 radical (unpaired) electrons. The third-order valence-electron chi connectivity index (χ3n) is 2.54. The number of aliphatic hydroxyl groups excluding tert-OH is 1. The summed E-state index contributed by atoms with van der Waals surface area (Å²) in [5.74, 6) is 0.315. The van der Waals surface area contributed by atoms with E-state index < -0.39 is 12.1 Å². The van der Waals surface area contributed by atoms with Crippen LogP contribution in [0.3, 0.4) is 0 Å². The van der Waals surface area contributed by atoms with Gasteiger partial charge in [-0.25, -0.2) is 4.79 Å². The molecule has 0 saturated heterocycles. The van der Waals surface area contributed by atoms with E-state index in [0.29, 0.717) is 0 Å². The minimum Gasteiger partial charge on any atom is -0.479 e. The van der Waals surface area contributed by atoms with Crippen molar-refractivity contribution in [2.24, 2.45) is 23.3 Å². The van der Waals surface area contributed by atoms with Crippen LogP contribution in [0, 0.1) is 11.8 Å². The maximum Gasteiger partial charge on any atom is 2.00 e. The molecule has 0 aromatic carbocycles. The third kappa shape index (κ3) is 7.01. The fraction of sp³-hybridized carbons (Fsp3) is 0.889. The molecule has 1 rings (SSSR count). The first-order valence-corrected chi connectivity index (χ1v) is 4.83. The molecule has 92 valence electrons. The molecule has 0 spiro atoms. The molecule has 1 aliphatic carbocycles. The largest absolute Gasteiger partial charge is 2.00 e. The third-order valence-corrected chi connectivity index (χ3v) is 2.54. The summed E-state index contributed by atoms with van der Waals surface area (Å²) in [5.41, 5.74) is 10.9. The summed E-state index contributed by atoms with van der Waals surface area (Å²) >= 11 is 0. The van der Waals surface area contributed by atoms with E-state index in [1.807, 2.05) is 0 Å². The molecule has 1 fully saturated rings. The molecule has 3 atom stereocenters. The van der Waals surface area contributed by atoms with Crippen LogP contribution in [-0.2, 0) is 25.9 Å². The maximum atomic E-state index is 9.45. The van der Waals surface area contributed by atoms with Gasteiger partial charge in [0.1, 0.15) is 6.10 Å². The van der Waals surface area contributed by atoms with Crippen molar-refractivity contribution in [3.63, 3.8) is 0 Å². The topological polar surface area (TPSA) is 110 Å². The van der Waals surface area contributed by atoms with E-state index in [-0.39, 0.29) is 21.1 Å². The second kappa shape index (κ2) is 9.28. The van der Waals surface area contributed by atoms with Gasteiger partial charge in [0, 0.05) is 0 Å². The Morgan fingerprint density at radius 3 is 1.67 bits per heavy atom. The second-order valence-corrected chi connectivity index (χ2v) is 3.58. The van der Waals surface area contributed by atoms with Gasteiger partial charge < -0.3 is 21.7 Å². The Hall–Kier alpha value is 0.0383. The maximum absolute atomic E-state index is 9.45. The standard InChI is InChI=1S/C6H14N2.C3H6O3.Pt/c7-3-5-1-2-6(5)4-8;1-2(4)3(5)6;/h5-6H,1-4,7-8H2;2,4H,1H3,(H,5,6);/q;;+2/t5-,6-;2-;/m10./s1. The van der Waals surface area contributed by atoms with Gasteiger partial charge in [-0.1, -0.05) is 0 Å². The van der Waals surface area contributed by atoms with Crippen LogP contribution in [0.1, 0.15) is 19.8 Å². The molecule has 0 aromatic rings. The molecule has 0 amide bonds. The molecule has 0 unspecified atom stereocenters. The predicted octanol–water partition coefficient (Wildman–Crippen LogP) is -0.621. The van der Waals surface area contributed by atoms with E-state index in [1.165, 1.54) is 19.8 Å². The van der Waals surface area contributed by atoms with Gasteiger partial charge in [0.2, 0.25) is 0 Å². The van der Waals surface area contributed by atoms with Crippen molar-refractivity contribution in [1.29, 1.82) is 0 Å². The van der Waals surface area contributed by atoms with E-state index in [2.05, 4.69) is 0 Å². The van der Waals surface area contributed by atoms with Crippen molar-refractivity contribution in [3.05, 3.63) is 0 Å². The number of carboxylic acid groups (broad SMARTS) is 1. The Morgan fingerprint density at radius 1 is 1.33 bits per heavy atom. The van der Waals surface area contributed by atoms with Crippen molar-refractivity contribution < 1.29 is 36.1 Å². The molecule has 0 aliphatic heterocycles. The molecular weight excluding hydrogens is 379 g/mol. The minimum atomic E-state index is -1.23. The van der Waals surface area contributed by atoms with Gasteiger partial charge in [-0.05, 0) is 44.7 Å². The summed E-state index contributed by atoms with van der Waals surface area (Å²) < 4.78 is 0. The van der Waals surface area contributed by atoms with Gasteiger partial charge in [-0.15, -0.1) is 0 Å². The molecule has 0 aromatic heterocycles. The van der Waals surface area contributed by atoms with Gasteiger partial charge in [0.15, 0.2) is 0 Å². The van der Waals surface area contributed by atoms with Gasteiger partial charge in [0.05, 0.1) is 0 Å². The summed E-state index contributed by atoms with van der Waals surface area (Å²) in [4.78, 5) is 9.45. The number of carboxylic acids is 1. The van der Waals surface area contributed by atoms with Gasteiger partial charge in [-0.3, -0.25) is 0 Å². The first kappa shape index (κ1) is 17.4. The first-order valence-electron chi connectivity index (χ1n) is 4.83. The zero-order valence-electron chi connectivity index (χ0n) is 8.83. The van der Waals surface area contributed by atoms with Gasteiger partial charge in [-0.2, -0.15) is 0 Å². The van der Waals surface area contributed by atoms with Crippen LogP contribution in [0.25, 0.3) is 0 Å². The van der Waals surface area contributed by atoms with E-state index in [1.54, 1.807) is 0 Å². The Balaban J connectivity index is 0. The number of aliphatic carboxylic acids is 1. The molecule has 1 aliphatic rings. The summed E-state index contributed by atoms with van der Waals surface area (Å²) in [6.07, 6.45) is 1.38. The fourth-order valence-corrected chi connectivity index (χ4v) is 1.26. The van der Waals surface area contributed by atoms with Crippen molar-refractivity contribution in [2.45, 2.75) is 25.9 Å². The van der Waals surface area contributed by atoms with Crippen molar-refractivity contribution in [2.75, 3.05) is 13.1 Å². The van der Waals surface area contributed by atoms with Crippen molar-refractivity contribution in [3.8, 4) is 0 Å². The number of hydrogen-bond acceptors (Lipinski definition) is 4. The van der Waals surface area contributed by atoms with Crippen LogP contribution in [-0.4, -0.2) is 35.4 Å². The molecule has 1 saturated carbocycles. The monoisotopic (exact) mass is 399 g/mol. The average Bonchev–Trinajstić information content (AvgIpc) is 2.05. The number of hydrogen-bond donors (Lipinski definition) is 4. The zero-order chi connectivity index (χ0) is 11.1. The quantitative estimate of drug-likeness (QED) is 0.506. The van der Waals surface area contributed by atoms with Crippen molar-refractivity contribution in [1.82, 2.24) is 0 Å². The van der Waals surface area contributed by atoms with E-state index in [4.69, 9.17) is 21.7 Å². The van der Waals surface area contributed by atoms with Crippen LogP contribution >= 0.6 is 0 Å². The molecule has 6 N–H and O–H groups in total. The first-order chi connectivity index (χ1) is 6.52. The molecular formula is C9H20N2O3Pt+2. The van der Waals surface area contributed by atoms with Crippen LogP contribution < -0.4 is 11.5 Å². The normalized spacial score (nSPS) is 25.1. The van der Waals surface area contributed by atoms with Crippen LogP contribution in [0.2, 0.25) is 0 Å². The van der Waals surface area contributed by atoms with Gasteiger partial charge >= 0.3 is 27.0 Å². The van der Waals surface area contributed by atoms with Crippen LogP contribution in [0.15, 0.2) is 0 Å². The molecule has 0 heterocycles. The van der Waals surface area contributed by atoms with Gasteiger partial charge in [0.25, 0.3) is 0 Å². The Kier molecular flexibility index (Phi) is 10.8. The Labute approximate surface area is 104 Å².